The molecule has 0 saturated heterocycles. The third-order valence-corrected chi connectivity index (χ3v) is 3.53. The number of thiophene rings is 1. The summed E-state index contributed by atoms with van der Waals surface area (Å²) in [6.45, 7) is 1.82. The molecule has 74 valence electrons. The third kappa shape index (κ3) is 2.70. The first kappa shape index (κ1) is 9.96. The van der Waals surface area contributed by atoms with E-state index in [-0.39, 0.29) is 0 Å². The molecule has 0 fully saturated rings. The second-order valence-corrected chi connectivity index (χ2v) is 5.55. The average molecular weight is 271 g/mol. The van der Waals surface area contributed by atoms with Crippen molar-refractivity contribution in [2.75, 3.05) is 0 Å². The maximum atomic E-state index is 3.45. The van der Waals surface area contributed by atoms with Gasteiger partial charge in [-0.25, -0.2) is 0 Å². The van der Waals surface area contributed by atoms with Gasteiger partial charge in [0.15, 0.2) is 0 Å². The van der Waals surface area contributed by atoms with Crippen LogP contribution in [0.4, 0.5) is 0 Å². The zero-order chi connectivity index (χ0) is 9.80. The zero-order valence-electron chi connectivity index (χ0n) is 7.59. The van der Waals surface area contributed by atoms with E-state index < -0.39 is 0 Å². The van der Waals surface area contributed by atoms with Crippen molar-refractivity contribution < 1.29 is 0 Å². The molecule has 0 unspecified atom stereocenters. The normalized spacial score (nSPS) is 10.6. The quantitative estimate of drug-likeness (QED) is 0.878. The minimum absolute atomic E-state index is 0.891. The van der Waals surface area contributed by atoms with Crippen LogP contribution >= 0.6 is 27.3 Å². The summed E-state index contributed by atoms with van der Waals surface area (Å²) in [6, 6.07) is 8.31. The molecule has 4 heteroatoms. The first-order valence-corrected chi connectivity index (χ1v) is 6.03. The summed E-state index contributed by atoms with van der Waals surface area (Å²) in [4.78, 5) is 4.51. The maximum Gasteiger partial charge on any atom is 0.0701 e. The molecule has 0 aliphatic heterocycles. The van der Waals surface area contributed by atoms with E-state index in [1.165, 1.54) is 14.4 Å². The molecular weight excluding hydrogens is 260 g/mol. The van der Waals surface area contributed by atoms with Gasteiger partial charge in [-0.2, -0.15) is 0 Å². The van der Waals surface area contributed by atoms with Gasteiger partial charge in [0.25, 0.3) is 0 Å². The maximum absolute atomic E-state index is 3.45. The van der Waals surface area contributed by atoms with Gasteiger partial charge in [0.2, 0.25) is 0 Å². The lowest BCUT2D eigenvalue weighted by molar-refractivity contribution is 0.689. The van der Waals surface area contributed by atoms with Gasteiger partial charge in [0.05, 0.1) is 3.79 Å². The van der Waals surface area contributed by atoms with E-state index in [1.807, 2.05) is 12.3 Å². The fraction of sp³-hybridized carbons (Fsp3) is 0.200. The topological polar surface area (TPSA) is 27.8 Å². The monoisotopic (exact) mass is 270 g/mol. The Kier molecular flexibility index (Phi) is 3.39. The number of hydrogen-bond donors (Lipinski definition) is 2. The Morgan fingerprint density at radius 3 is 2.86 bits per heavy atom. The fourth-order valence-electron chi connectivity index (χ4n) is 1.24. The van der Waals surface area contributed by atoms with E-state index in [0.29, 0.717) is 0 Å². The molecule has 0 bridgehead atoms. The van der Waals surface area contributed by atoms with Gasteiger partial charge in [-0.15, -0.1) is 11.3 Å². The first-order chi connectivity index (χ1) is 6.84. The van der Waals surface area contributed by atoms with E-state index in [9.17, 15) is 0 Å². The zero-order valence-corrected chi connectivity index (χ0v) is 9.99. The number of halogens is 1. The predicted molar refractivity (Wildman–Crippen MR) is 63.4 cm³/mol. The summed E-state index contributed by atoms with van der Waals surface area (Å²) in [5.74, 6) is 0. The molecule has 2 aromatic rings. The highest BCUT2D eigenvalue weighted by molar-refractivity contribution is 9.11. The van der Waals surface area contributed by atoms with Crippen LogP contribution in [0.2, 0.25) is 0 Å². The van der Waals surface area contributed by atoms with Crippen molar-refractivity contribution in [3.63, 3.8) is 0 Å². The van der Waals surface area contributed by atoms with Gasteiger partial charge >= 0.3 is 0 Å². The van der Waals surface area contributed by atoms with Crippen LogP contribution in [0.5, 0.6) is 0 Å². The van der Waals surface area contributed by atoms with Gasteiger partial charge in [0.1, 0.15) is 0 Å². The Hall–Kier alpha value is -0.580. The molecular formula is C10H11BrN2S. The highest BCUT2D eigenvalue weighted by Gasteiger charge is 1.97. The molecule has 0 aliphatic rings. The summed E-state index contributed by atoms with van der Waals surface area (Å²) in [7, 11) is 0. The van der Waals surface area contributed by atoms with E-state index in [1.54, 1.807) is 11.3 Å². The summed E-state index contributed by atoms with van der Waals surface area (Å²) >= 11 is 5.22. The van der Waals surface area contributed by atoms with Crippen molar-refractivity contribution >= 4 is 27.3 Å². The number of aromatic amines is 1. The molecule has 14 heavy (non-hydrogen) atoms. The summed E-state index contributed by atoms with van der Waals surface area (Å²) in [5.41, 5.74) is 1.22. The largest absolute Gasteiger partial charge is 0.364 e. The van der Waals surface area contributed by atoms with Gasteiger partial charge in [-0.3, -0.25) is 0 Å². The Labute approximate surface area is 95.5 Å². The number of rotatable bonds is 4. The fourth-order valence-corrected chi connectivity index (χ4v) is 2.70. The molecule has 2 rings (SSSR count). The average Bonchev–Trinajstić information content (AvgIpc) is 2.77. The van der Waals surface area contributed by atoms with Crippen molar-refractivity contribution in [3.05, 3.63) is 44.8 Å². The highest BCUT2D eigenvalue weighted by atomic mass is 79.9. The van der Waals surface area contributed by atoms with Crippen LogP contribution in [0.1, 0.15) is 10.6 Å². The predicted octanol–water partition coefficient (Wildman–Crippen LogP) is 3.13. The van der Waals surface area contributed by atoms with Crippen molar-refractivity contribution in [2.45, 2.75) is 13.1 Å². The molecule has 0 saturated carbocycles. The van der Waals surface area contributed by atoms with E-state index in [2.05, 4.69) is 44.4 Å². The van der Waals surface area contributed by atoms with Crippen LogP contribution in [0.3, 0.4) is 0 Å². The molecule has 2 heterocycles. The lowest BCUT2D eigenvalue weighted by atomic mass is 10.4. The standard InChI is InChI=1S/C10H11BrN2S/c11-10-4-3-9(14-10)7-12-6-8-2-1-5-13-8/h1-5,12-13H,6-7H2. The molecule has 0 radical (unpaired) electrons. The Morgan fingerprint density at radius 2 is 2.21 bits per heavy atom. The molecule has 2 N–H and O–H groups in total. The highest BCUT2D eigenvalue weighted by Crippen LogP contribution is 2.21. The van der Waals surface area contributed by atoms with Crippen molar-refractivity contribution in [3.8, 4) is 0 Å². The van der Waals surface area contributed by atoms with Gasteiger partial charge in [0, 0.05) is 29.9 Å². The number of aromatic nitrogens is 1. The number of H-pyrrole nitrogens is 1. The summed E-state index contributed by atoms with van der Waals surface area (Å²) in [5, 5.41) is 3.38. The van der Waals surface area contributed by atoms with Crippen LogP contribution in [0.15, 0.2) is 34.2 Å². The Bertz CT molecular complexity index is 380. The Morgan fingerprint density at radius 1 is 1.29 bits per heavy atom. The molecule has 0 amide bonds. The second kappa shape index (κ2) is 4.77. The molecule has 0 aliphatic carbocycles. The van der Waals surface area contributed by atoms with Crippen LogP contribution < -0.4 is 5.32 Å². The van der Waals surface area contributed by atoms with Crippen molar-refractivity contribution in [1.29, 1.82) is 0 Å². The van der Waals surface area contributed by atoms with Gasteiger partial charge in [-0.1, -0.05) is 0 Å². The van der Waals surface area contributed by atoms with E-state index >= 15 is 0 Å². The minimum Gasteiger partial charge on any atom is -0.364 e. The van der Waals surface area contributed by atoms with Crippen LogP contribution in [0.25, 0.3) is 0 Å². The summed E-state index contributed by atoms with van der Waals surface area (Å²) in [6.07, 6.45) is 1.94. The first-order valence-electron chi connectivity index (χ1n) is 4.42. The molecule has 2 nitrogen and oxygen atoms in total. The lowest BCUT2D eigenvalue weighted by Gasteiger charge is -2.00. The number of hydrogen-bond acceptors (Lipinski definition) is 2. The van der Waals surface area contributed by atoms with Crippen LogP contribution in [-0.2, 0) is 13.1 Å². The second-order valence-electron chi connectivity index (χ2n) is 3.00. The van der Waals surface area contributed by atoms with Crippen LogP contribution in [-0.4, -0.2) is 4.98 Å². The molecule has 0 spiro atoms. The molecule has 0 aromatic carbocycles. The van der Waals surface area contributed by atoms with Crippen molar-refractivity contribution in [1.82, 2.24) is 10.3 Å². The SMILES string of the molecule is Brc1ccc(CNCc2ccc[nH]2)s1. The minimum atomic E-state index is 0.891. The molecule has 2 aromatic heterocycles. The summed E-state index contributed by atoms with van der Waals surface area (Å²) < 4.78 is 1.19. The lowest BCUT2D eigenvalue weighted by Crippen LogP contribution is -2.11. The van der Waals surface area contributed by atoms with E-state index in [4.69, 9.17) is 0 Å². The third-order valence-electron chi connectivity index (χ3n) is 1.91. The smallest absolute Gasteiger partial charge is 0.0701 e. The number of nitrogens with one attached hydrogen (secondary N) is 2. The van der Waals surface area contributed by atoms with Gasteiger partial charge < -0.3 is 10.3 Å². The molecule has 0 atom stereocenters. The Balaban J connectivity index is 1.78. The van der Waals surface area contributed by atoms with Crippen molar-refractivity contribution in [2.24, 2.45) is 0 Å². The van der Waals surface area contributed by atoms with E-state index in [0.717, 1.165) is 13.1 Å². The van der Waals surface area contributed by atoms with Crippen LogP contribution in [0, 0.1) is 0 Å². The van der Waals surface area contributed by atoms with Gasteiger partial charge in [-0.05, 0) is 40.2 Å².